The van der Waals surface area contributed by atoms with Gasteiger partial charge in [0.25, 0.3) is 0 Å². The molecule has 0 atom stereocenters. The SMILES string of the molecule is CC1(C)CC1=NNC=O. The molecule has 3 nitrogen and oxygen atoms in total. The maximum atomic E-state index is 9.73. The second kappa shape index (κ2) is 1.83. The summed E-state index contributed by atoms with van der Waals surface area (Å²) >= 11 is 0. The molecule has 1 amide bonds. The van der Waals surface area contributed by atoms with Gasteiger partial charge in [-0.25, -0.2) is 5.43 Å². The zero-order valence-electron chi connectivity index (χ0n) is 5.64. The Bertz CT molecular complexity index is 160. The van der Waals surface area contributed by atoms with Gasteiger partial charge in [-0.3, -0.25) is 4.79 Å². The quantitative estimate of drug-likeness (QED) is 0.425. The van der Waals surface area contributed by atoms with Crippen molar-refractivity contribution in [3.05, 3.63) is 0 Å². The van der Waals surface area contributed by atoms with E-state index in [0.717, 1.165) is 12.1 Å². The van der Waals surface area contributed by atoms with E-state index in [2.05, 4.69) is 24.4 Å². The van der Waals surface area contributed by atoms with Crippen LogP contribution in [0.4, 0.5) is 0 Å². The van der Waals surface area contributed by atoms with E-state index in [1.165, 1.54) is 0 Å². The number of nitrogens with zero attached hydrogens (tertiary/aromatic N) is 1. The average Bonchev–Trinajstić information content (AvgIpc) is 2.35. The summed E-state index contributed by atoms with van der Waals surface area (Å²) in [6.07, 6.45) is 1.59. The van der Waals surface area contributed by atoms with Crippen molar-refractivity contribution in [2.75, 3.05) is 0 Å². The van der Waals surface area contributed by atoms with E-state index in [0.29, 0.717) is 6.41 Å². The minimum absolute atomic E-state index is 0.246. The van der Waals surface area contributed by atoms with Crippen LogP contribution in [0.15, 0.2) is 5.10 Å². The zero-order valence-corrected chi connectivity index (χ0v) is 5.64. The normalized spacial score (nSPS) is 25.8. The lowest BCUT2D eigenvalue weighted by Crippen LogP contribution is -2.02. The van der Waals surface area contributed by atoms with Crippen molar-refractivity contribution in [3.63, 3.8) is 0 Å². The summed E-state index contributed by atoms with van der Waals surface area (Å²) in [6.45, 7) is 4.19. The Hall–Kier alpha value is -0.860. The largest absolute Gasteiger partial charge is 0.277 e. The molecule has 0 aliphatic heterocycles. The number of nitrogens with one attached hydrogen (secondary N) is 1. The molecule has 1 aliphatic carbocycles. The lowest BCUT2D eigenvalue weighted by atomic mass is 10.2. The third kappa shape index (κ3) is 1.28. The molecule has 1 N–H and O–H groups in total. The van der Waals surface area contributed by atoms with Crippen molar-refractivity contribution in [3.8, 4) is 0 Å². The zero-order chi connectivity index (χ0) is 6.91. The molecule has 0 aromatic rings. The van der Waals surface area contributed by atoms with Crippen molar-refractivity contribution in [1.29, 1.82) is 0 Å². The Labute approximate surface area is 54.1 Å². The van der Waals surface area contributed by atoms with Gasteiger partial charge in [-0.15, -0.1) is 0 Å². The van der Waals surface area contributed by atoms with Crippen LogP contribution in [-0.4, -0.2) is 12.1 Å². The van der Waals surface area contributed by atoms with E-state index in [9.17, 15) is 4.79 Å². The van der Waals surface area contributed by atoms with Gasteiger partial charge < -0.3 is 0 Å². The van der Waals surface area contributed by atoms with Crippen LogP contribution in [0.1, 0.15) is 20.3 Å². The maximum Gasteiger partial charge on any atom is 0.227 e. The van der Waals surface area contributed by atoms with E-state index < -0.39 is 0 Å². The Morgan fingerprint density at radius 2 is 2.33 bits per heavy atom. The van der Waals surface area contributed by atoms with Gasteiger partial charge in [-0.1, -0.05) is 13.8 Å². The second-order valence-corrected chi connectivity index (χ2v) is 2.87. The standard InChI is InChI=1S/C6H10N2O/c1-6(2)3-5(6)8-7-4-9/h4H,3H2,1-2H3,(H,7,9). The van der Waals surface area contributed by atoms with E-state index >= 15 is 0 Å². The van der Waals surface area contributed by atoms with Crippen LogP contribution < -0.4 is 5.43 Å². The van der Waals surface area contributed by atoms with Gasteiger partial charge in [-0.05, 0) is 6.42 Å². The van der Waals surface area contributed by atoms with Crippen LogP contribution in [0.5, 0.6) is 0 Å². The molecule has 0 spiro atoms. The number of rotatable bonds is 2. The monoisotopic (exact) mass is 126 g/mol. The predicted octanol–water partition coefficient (Wildman–Crippen LogP) is 0.518. The first-order valence-electron chi connectivity index (χ1n) is 2.93. The number of hydrogen-bond acceptors (Lipinski definition) is 2. The molecule has 9 heavy (non-hydrogen) atoms. The van der Waals surface area contributed by atoms with Crippen LogP contribution in [0.25, 0.3) is 0 Å². The molecule has 0 radical (unpaired) electrons. The van der Waals surface area contributed by atoms with Crippen LogP contribution in [-0.2, 0) is 4.79 Å². The van der Waals surface area contributed by atoms with Crippen molar-refractivity contribution in [2.45, 2.75) is 20.3 Å². The Morgan fingerprint density at radius 1 is 1.78 bits per heavy atom. The highest BCUT2D eigenvalue weighted by Crippen LogP contribution is 2.40. The Kier molecular flexibility index (Phi) is 1.27. The van der Waals surface area contributed by atoms with Gasteiger partial charge in [-0.2, -0.15) is 5.10 Å². The molecule has 1 fully saturated rings. The van der Waals surface area contributed by atoms with Crippen LogP contribution in [0.3, 0.4) is 0 Å². The molecule has 0 saturated heterocycles. The number of carbonyl (C=O) groups is 1. The Morgan fingerprint density at radius 3 is 2.67 bits per heavy atom. The minimum Gasteiger partial charge on any atom is -0.277 e. The Balaban J connectivity index is 2.40. The topological polar surface area (TPSA) is 41.5 Å². The van der Waals surface area contributed by atoms with Gasteiger partial charge in [0, 0.05) is 11.1 Å². The summed E-state index contributed by atoms with van der Waals surface area (Å²) in [6, 6.07) is 0. The fraction of sp³-hybridized carbons (Fsp3) is 0.667. The first-order valence-corrected chi connectivity index (χ1v) is 2.93. The summed E-state index contributed by atoms with van der Waals surface area (Å²) in [5.41, 5.74) is 3.60. The smallest absolute Gasteiger partial charge is 0.227 e. The van der Waals surface area contributed by atoms with Gasteiger partial charge in [0.1, 0.15) is 0 Å². The number of carbonyl (C=O) groups excluding carboxylic acids is 1. The van der Waals surface area contributed by atoms with Gasteiger partial charge >= 0.3 is 0 Å². The summed E-state index contributed by atoms with van der Waals surface area (Å²) in [4.78, 5) is 9.73. The highest BCUT2D eigenvalue weighted by molar-refractivity contribution is 6.04. The molecule has 50 valence electrons. The van der Waals surface area contributed by atoms with Crippen molar-refractivity contribution in [1.82, 2.24) is 5.43 Å². The molecule has 1 aliphatic rings. The molecule has 1 rings (SSSR count). The number of hydrazone groups is 1. The molecule has 0 unspecified atom stereocenters. The maximum absolute atomic E-state index is 9.73. The van der Waals surface area contributed by atoms with Crippen LogP contribution in [0, 0.1) is 5.41 Å². The van der Waals surface area contributed by atoms with Crippen LogP contribution in [0.2, 0.25) is 0 Å². The molecule has 1 saturated carbocycles. The third-order valence-electron chi connectivity index (χ3n) is 1.52. The van der Waals surface area contributed by atoms with Crippen molar-refractivity contribution >= 4 is 12.1 Å². The van der Waals surface area contributed by atoms with Gasteiger partial charge in [0.2, 0.25) is 6.41 Å². The van der Waals surface area contributed by atoms with Crippen LogP contribution >= 0.6 is 0 Å². The van der Waals surface area contributed by atoms with Crippen molar-refractivity contribution in [2.24, 2.45) is 10.5 Å². The molecular formula is C6H10N2O. The molecule has 0 heterocycles. The number of amides is 1. The highest BCUT2D eigenvalue weighted by Gasteiger charge is 2.41. The predicted molar refractivity (Wildman–Crippen MR) is 35.0 cm³/mol. The second-order valence-electron chi connectivity index (χ2n) is 2.87. The fourth-order valence-electron chi connectivity index (χ4n) is 0.670. The summed E-state index contributed by atoms with van der Waals surface area (Å²) in [7, 11) is 0. The number of hydrogen-bond donors (Lipinski definition) is 1. The van der Waals surface area contributed by atoms with Gasteiger partial charge in [0.15, 0.2) is 0 Å². The molecular weight excluding hydrogens is 116 g/mol. The van der Waals surface area contributed by atoms with Crippen molar-refractivity contribution < 1.29 is 4.79 Å². The van der Waals surface area contributed by atoms with E-state index in [4.69, 9.17) is 0 Å². The van der Waals surface area contributed by atoms with Gasteiger partial charge in [0.05, 0.1) is 0 Å². The average molecular weight is 126 g/mol. The summed E-state index contributed by atoms with van der Waals surface area (Å²) in [5, 5.41) is 3.81. The molecule has 0 aromatic carbocycles. The molecule has 0 aromatic heterocycles. The molecule has 0 bridgehead atoms. The van der Waals surface area contributed by atoms with E-state index in [-0.39, 0.29) is 5.41 Å². The van der Waals surface area contributed by atoms with E-state index in [1.54, 1.807) is 0 Å². The highest BCUT2D eigenvalue weighted by atomic mass is 16.1. The third-order valence-corrected chi connectivity index (χ3v) is 1.52. The molecule has 3 heteroatoms. The summed E-state index contributed by atoms with van der Waals surface area (Å²) < 4.78 is 0. The summed E-state index contributed by atoms with van der Waals surface area (Å²) in [5.74, 6) is 0. The lowest BCUT2D eigenvalue weighted by molar-refractivity contribution is -0.109. The fourth-order valence-corrected chi connectivity index (χ4v) is 0.670. The first-order chi connectivity index (χ1) is 4.17. The van der Waals surface area contributed by atoms with E-state index in [1.807, 2.05) is 0 Å². The lowest BCUT2D eigenvalue weighted by Gasteiger charge is -1.89. The minimum atomic E-state index is 0.246. The first kappa shape index (κ1) is 6.26.